The SMILES string of the molecule is CCCCNC(=O)c1cc(Cl)c(N)cc1OC.Cl. The number of hydrogen-bond acceptors (Lipinski definition) is 3. The van der Waals surface area contributed by atoms with Crippen LogP contribution >= 0.6 is 24.0 Å². The number of benzene rings is 1. The number of rotatable bonds is 5. The number of carbonyl (C=O) groups is 1. The molecule has 102 valence electrons. The van der Waals surface area contributed by atoms with Gasteiger partial charge in [-0.1, -0.05) is 24.9 Å². The number of nitrogens with one attached hydrogen (secondary N) is 1. The molecule has 0 aliphatic rings. The Kier molecular flexibility index (Phi) is 7.55. The smallest absolute Gasteiger partial charge is 0.255 e. The third-order valence-corrected chi connectivity index (χ3v) is 2.71. The minimum Gasteiger partial charge on any atom is -0.496 e. The number of hydrogen-bond donors (Lipinski definition) is 2. The van der Waals surface area contributed by atoms with Crippen LogP contribution in [0, 0.1) is 0 Å². The average molecular weight is 293 g/mol. The first-order valence-electron chi connectivity index (χ1n) is 5.51. The van der Waals surface area contributed by atoms with Gasteiger partial charge >= 0.3 is 0 Å². The third-order valence-electron chi connectivity index (χ3n) is 2.38. The molecule has 6 heteroatoms. The first-order valence-corrected chi connectivity index (χ1v) is 5.89. The zero-order valence-corrected chi connectivity index (χ0v) is 12.0. The molecule has 1 rings (SSSR count). The van der Waals surface area contributed by atoms with Crippen LogP contribution < -0.4 is 15.8 Å². The lowest BCUT2D eigenvalue weighted by Gasteiger charge is -2.10. The van der Waals surface area contributed by atoms with Gasteiger partial charge in [-0.2, -0.15) is 0 Å². The maximum Gasteiger partial charge on any atom is 0.255 e. The van der Waals surface area contributed by atoms with Gasteiger partial charge in [0.2, 0.25) is 0 Å². The van der Waals surface area contributed by atoms with E-state index in [0.717, 1.165) is 12.8 Å². The maximum absolute atomic E-state index is 11.9. The van der Waals surface area contributed by atoms with E-state index in [4.69, 9.17) is 22.1 Å². The molecule has 0 aliphatic carbocycles. The van der Waals surface area contributed by atoms with Crippen molar-refractivity contribution in [2.24, 2.45) is 0 Å². The quantitative estimate of drug-likeness (QED) is 0.648. The lowest BCUT2D eigenvalue weighted by Crippen LogP contribution is -2.24. The fourth-order valence-corrected chi connectivity index (χ4v) is 1.55. The molecular weight excluding hydrogens is 275 g/mol. The summed E-state index contributed by atoms with van der Waals surface area (Å²) in [6.07, 6.45) is 1.97. The van der Waals surface area contributed by atoms with Crippen LogP contribution in [0.2, 0.25) is 5.02 Å². The molecule has 0 unspecified atom stereocenters. The number of anilines is 1. The minimum atomic E-state index is -0.197. The van der Waals surface area contributed by atoms with Crippen molar-refractivity contribution >= 4 is 35.6 Å². The van der Waals surface area contributed by atoms with Crippen LogP contribution in [0.25, 0.3) is 0 Å². The summed E-state index contributed by atoms with van der Waals surface area (Å²) in [5.41, 5.74) is 6.45. The van der Waals surface area contributed by atoms with Crippen molar-refractivity contribution in [3.8, 4) is 5.75 Å². The van der Waals surface area contributed by atoms with Crippen molar-refractivity contribution < 1.29 is 9.53 Å². The summed E-state index contributed by atoms with van der Waals surface area (Å²) >= 11 is 5.89. The van der Waals surface area contributed by atoms with E-state index in [9.17, 15) is 4.79 Å². The van der Waals surface area contributed by atoms with Gasteiger partial charge in [0, 0.05) is 12.6 Å². The van der Waals surface area contributed by atoms with Crippen LogP contribution in [0.15, 0.2) is 12.1 Å². The van der Waals surface area contributed by atoms with Crippen molar-refractivity contribution in [2.45, 2.75) is 19.8 Å². The molecule has 0 spiro atoms. The molecular formula is C12H18Cl2N2O2. The Bertz CT molecular complexity index is 411. The molecule has 0 fully saturated rings. The highest BCUT2D eigenvalue weighted by Gasteiger charge is 2.14. The Morgan fingerprint density at radius 2 is 2.17 bits per heavy atom. The highest BCUT2D eigenvalue weighted by Crippen LogP contribution is 2.28. The maximum atomic E-state index is 11.9. The Balaban J connectivity index is 0.00000289. The van der Waals surface area contributed by atoms with Crippen LogP contribution in [-0.4, -0.2) is 19.6 Å². The number of carbonyl (C=O) groups excluding carboxylic acids is 1. The van der Waals surface area contributed by atoms with Crippen molar-refractivity contribution in [1.29, 1.82) is 0 Å². The second kappa shape index (κ2) is 8.06. The van der Waals surface area contributed by atoms with E-state index in [1.54, 1.807) is 6.07 Å². The standard InChI is InChI=1S/C12H17ClN2O2.ClH/c1-3-4-5-15-12(16)8-6-9(13)10(14)7-11(8)17-2;/h6-7H,3-5,14H2,1-2H3,(H,15,16);1H. The van der Waals surface area contributed by atoms with Crippen LogP contribution in [0.3, 0.4) is 0 Å². The van der Waals surface area contributed by atoms with E-state index in [-0.39, 0.29) is 18.3 Å². The molecule has 0 saturated heterocycles. The second-order valence-electron chi connectivity index (χ2n) is 3.68. The third kappa shape index (κ3) is 4.27. The van der Waals surface area contributed by atoms with Gasteiger partial charge in [0.1, 0.15) is 5.75 Å². The molecule has 0 radical (unpaired) electrons. The molecule has 0 aliphatic heterocycles. The molecule has 1 amide bonds. The van der Waals surface area contributed by atoms with Gasteiger partial charge in [0.05, 0.1) is 23.4 Å². The molecule has 0 heterocycles. The average Bonchev–Trinajstić information content (AvgIpc) is 2.32. The Morgan fingerprint density at radius 1 is 1.50 bits per heavy atom. The highest BCUT2D eigenvalue weighted by molar-refractivity contribution is 6.33. The van der Waals surface area contributed by atoms with Gasteiger partial charge in [-0.15, -0.1) is 12.4 Å². The summed E-state index contributed by atoms with van der Waals surface area (Å²) < 4.78 is 5.11. The Morgan fingerprint density at radius 3 is 2.72 bits per heavy atom. The molecule has 0 bridgehead atoms. The molecule has 0 atom stereocenters. The van der Waals surface area contributed by atoms with Crippen LogP contribution in [0.1, 0.15) is 30.1 Å². The fourth-order valence-electron chi connectivity index (χ4n) is 1.39. The monoisotopic (exact) mass is 292 g/mol. The van der Waals surface area contributed by atoms with Crippen LogP contribution in [0.5, 0.6) is 5.75 Å². The van der Waals surface area contributed by atoms with Gasteiger partial charge in [-0.3, -0.25) is 4.79 Å². The van der Waals surface area contributed by atoms with E-state index in [0.29, 0.717) is 28.6 Å². The second-order valence-corrected chi connectivity index (χ2v) is 4.09. The molecule has 0 aromatic heterocycles. The first kappa shape index (κ1) is 16.9. The number of nitrogen functional groups attached to an aromatic ring is 1. The van der Waals surface area contributed by atoms with Crippen molar-refractivity contribution in [3.05, 3.63) is 22.7 Å². The summed E-state index contributed by atoms with van der Waals surface area (Å²) in [4.78, 5) is 11.9. The number of halogens is 2. The van der Waals surface area contributed by atoms with Crippen molar-refractivity contribution in [1.82, 2.24) is 5.32 Å². The van der Waals surface area contributed by atoms with Gasteiger partial charge < -0.3 is 15.8 Å². The molecule has 3 N–H and O–H groups in total. The topological polar surface area (TPSA) is 64.4 Å². The van der Waals surface area contributed by atoms with Gasteiger partial charge in [-0.05, 0) is 12.5 Å². The molecule has 4 nitrogen and oxygen atoms in total. The highest BCUT2D eigenvalue weighted by atomic mass is 35.5. The largest absolute Gasteiger partial charge is 0.496 e. The van der Waals surface area contributed by atoms with E-state index >= 15 is 0 Å². The van der Waals surface area contributed by atoms with Gasteiger partial charge in [0.25, 0.3) is 5.91 Å². The molecule has 1 aromatic rings. The zero-order chi connectivity index (χ0) is 12.8. The van der Waals surface area contributed by atoms with Crippen molar-refractivity contribution in [2.75, 3.05) is 19.4 Å². The Hall–Kier alpha value is -1.13. The van der Waals surface area contributed by atoms with E-state index in [1.165, 1.54) is 13.2 Å². The summed E-state index contributed by atoms with van der Waals surface area (Å²) in [7, 11) is 1.49. The van der Waals surface area contributed by atoms with E-state index in [2.05, 4.69) is 12.2 Å². The van der Waals surface area contributed by atoms with Gasteiger partial charge in [-0.25, -0.2) is 0 Å². The number of unbranched alkanes of at least 4 members (excludes halogenated alkanes) is 1. The summed E-state index contributed by atoms with van der Waals surface area (Å²) in [6, 6.07) is 3.08. The summed E-state index contributed by atoms with van der Waals surface area (Å²) in [5.74, 6) is 0.234. The first-order chi connectivity index (χ1) is 8.10. The molecule has 1 aromatic carbocycles. The van der Waals surface area contributed by atoms with E-state index < -0.39 is 0 Å². The lowest BCUT2D eigenvalue weighted by molar-refractivity contribution is 0.0950. The number of nitrogens with two attached hydrogens (primary N) is 1. The minimum absolute atomic E-state index is 0. The number of methoxy groups -OCH3 is 1. The summed E-state index contributed by atoms with van der Waals surface area (Å²) in [5, 5.41) is 3.16. The number of amides is 1. The zero-order valence-electron chi connectivity index (χ0n) is 10.5. The lowest BCUT2D eigenvalue weighted by atomic mass is 10.1. The van der Waals surface area contributed by atoms with Gasteiger partial charge in [0.15, 0.2) is 0 Å². The molecule has 0 saturated carbocycles. The van der Waals surface area contributed by atoms with Crippen molar-refractivity contribution in [3.63, 3.8) is 0 Å². The summed E-state index contributed by atoms with van der Waals surface area (Å²) in [6.45, 7) is 2.70. The normalized spacial score (nSPS) is 9.50. The fraction of sp³-hybridized carbons (Fsp3) is 0.417. The predicted octanol–water partition coefficient (Wildman–Crippen LogP) is 2.88. The predicted molar refractivity (Wildman–Crippen MR) is 76.9 cm³/mol. The van der Waals surface area contributed by atoms with Crippen LogP contribution in [-0.2, 0) is 0 Å². The van der Waals surface area contributed by atoms with E-state index in [1.807, 2.05) is 0 Å². The Labute approximate surface area is 118 Å². The van der Waals surface area contributed by atoms with Crippen LogP contribution in [0.4, 0.5) is 5.69 Å². The molecule has 18 heavy (non-hydrogen) atoms. The number of ether oxygens (including phenoxy) is 1.